The molecule has 2 aliphatic rings. The molecule has 7 heteroatoms. The van der Waals surface area contributed by atoms with Crippen molar-refractivity contribution >= 4 is 31.6 Å². The zero-order chi connectivity index (χ0) is 15.2. The highest BCUT2D eigenvalue weighted by atomic mass is 79.9. The van der Waals surface area contributed by atoms with Crippen LogP contribution in [0.3, 0.4) is 0 Å². The molecular formula is C14H18BrFN2O2S. The van der Waals surface area contributed by atoms with Crippen molar-refractivity contribution < 1.29 is 12.8 Å². The SMILES string of the molecule is Nc1cc(Br)c(F)c(S(=O)(=O)N(CC2CC2)CC2CC2)c1. The lowest BCUT2D eigenvalue weighted by molar-refractivity contribution is 0.379. The van der Waals surface area contributed by atoms with E-state index in [0.29, 0.717) is 24.9 Å². The highest BCUT2D eigenvalue weighted by Gasteiger charge is 2.37. The Morgan fingerprint density at radius 2 is 1.71 bits per heavy atom. The van der Waals surface area contributed by atoms with E-state index in [1.54, 1.807) is 0 Å². The monoisotopic (exact) mass is 376 g/mol. The summed E-state index contributed by atoms with van der Waals surface area (Å²) in [5.41, 5.74) is 5.91. The molecule has 0 radical (unpaired) electrons. The van der Waals surface area contributed by atoms with Crippen LogP contribution in [0.15, 0.2) is 21.5 Å². The van der Waals surface area contributed by atoms with Crippen molar-refractivity contribution in [1.29, 1.82) is 0 Å². The van der Waals surface area contributed by atoms with Crippen LogP contribution in [-0.2, 0) is 10.0 Å². The van der Waals surface area contributed by atoms with Crippen LogP contribution in [0.4, 0.5) is 10.1 Å². The summed E-state index contributed by atoms with van der Waals surface area (Å²) in [4.78, 5) is -0.323. The van der Waals surface area contributed by atoms with E-state index in [1.807, 2.05) is 0 Å². The first-order chi connectivity index (χ1) is 9.88. The number of sulfonamides is 1. The first kappa shape index (κ1) is 15.2. The molecule has 116 valence electrons. The van der Waals surface area contributed by atoms with Crippen LogP contribution >= 0.6 is 15.9 Å². The van der Waals surface area contributed by atoms with E-state index >= 15 is 0 Å². The Morgan fingerprint density at radius 3 is 2.19 bits per heavy atom. The molecule has 2 fully saturated rings. The topological polar surface area (TPSA) is 63.4 Å². The lowest BCUT2D eigenvalue weighted by atomic mass is 10.3. The molecule has 0 atom stereocenters. The second-order valence-corrected chi connectivity index (χ2v) is 8.78. The van der Waals surface area contributed by atoms with Gasteiger partial charge in [-0.2, -0.15) is 4.31 Å². The number of halogens is 2. The second-order valence-electron chi connectivity index (χ2n) is 6.02. The van der Waals surface area contributed by atoms with E-state index in [4.69, 9.17) is 5.73 Å². The fourth-order valence-corrected chi connectivity index (χ4v) is 4.68. The number of anilines is 1. The smallest absolute Gasteiger partial charge is 0.246 e. The molecule has 1 aromatic rings. The predicted octanol–water partition coefficient (Wildman–Crippen LogP) is 2.98. The highest BCUT2D eigenvalue weighted by molar-refractivity contribution is 9.10. The van der Waals surface area contributed by atoms with E-state index in [0.717, 1.165) is 25.7 Å². The van der Waals surface area contributed by atoms with Crippen LogP contribution in [0.5, 0.6) is 0 Å². The number of nitrogens with zero attached hydrogens (tertiary/aromatic N) is 1. The summed E-state index contributed by atoms with van der Waals surface area (Å²) in [6.45, 7) is 0.982. The molecule has 4 nitrogen and oxygen atoms in total. The Balaban J connectivity index is 1.95. The van der Waals surface area contributed by atoms with Crippen LogP contribution in [0, 0.1) is 17.7 Å². The molecule has 2 saturated carbocycles. The summed E-state index contributed by atoms with van der Waals surface area (Å²) in [6.07, 6.45) is 4.22. The lowest BCUT2D eigenvalue weighted by Gasteiger charge is -2.22. The minimum atomic E-state index is -3.84. The van der Waals surface area contributed by atoms with Gasteiger partial charge < -0.3 is 5.73 Å². The predicted molar refractivity (Wildman–Crippen MR) is 82.7 cm³/mol. The number of hydrogen-bond acceptors (Lipinski definition) is 3. The van der Waals surface area contributed by atoms with Gasteiger partial charge in [-0.3, -0.25) is 0 Å². The van der Waals surface area contributed by atoms with Gasteiger partial charge in [0.1, 0.15) is 4.90 Å². The maximum Gasteiger partial charge on any atom is 0.246 e. The second kappa shape index (κ2) is 5.52. The summed E-state index contributed by atoms with van der Waals surface area (Å²) < 4.78 is 41.4. The van der Waals surface area contributed by atoms with Gasteiger partial charge in [-0.05, 0) is 65.6 Å². The van der Waals surface area contributed by atoms with Gasteiger partial charge in [0.2, 0.25) is 10.0 Å². The molecule has 3 rings (SSSR count). The number of benzene rings is 1. The zero-order valence-corrected chi connectivity index (χ0v) is 14.0. The van der Waals surface area contributed by atoms with Crippen molar-refractivity contribution in [2.75, 3.05) is 18.8 Å². The van der Waals surface area contributed by atoms with E-state index in [-0.39, 0.29) is 15.1 Å². The van der Waals surface area contributed by atoms with Crippen LogP contribution in [0.1, 0.15) is 25.7 Å². The molecule has 1 aromatic carbocycles. The molecule has 2 N–H and O–H groups in total. The van der Waals surface area contributed by atoms with Gasteiger partial charge in [0.25, 0.3) is 0 Å². The molecule has 0 heterocycles. The van der Waals surface area contributed by atoms with E-state index in [1.165, 1.54) is 16.4 Å². The van der Waals surface area contributed by atoms with Gasteiger partial charge in [0.05, 0.1) is 4.47 Å². The standard InChI is InChI=1S/C14H18BrFN2O2S/c15-12-5-11(17)6-13(14(12)16)21(19,20)18(7-9-1-2-9)8-10-3-4-10/h5-6,9-10H,1-4,7-8,17H2. The molecule has 0 bridgehead atoms. The fourth-order valence-electron chi connectivity index (χ4n) is 2.36. The van der Waals surface area contributed by atoms with Crippen molar-refractivity contribution in [3.63, 3.8) is 0 Å². The average molecular weight is 377 g/mol. The van der Waals surface area contributed by atoms with Crippen LogP contribution in [0.25, 0.3) is 0 Å². The van der Waals surface area contributed by atoms with Gasteiger partial charge in [-0.1, -0.05) is 0 Å². The number of nitrogens with two attached hydrogens (primary N) is 1. The summed E-state index contributed by atoms with van der Waals surface area (Å²) in [5, 5.41) is 0. The minimum Gasteiger partial charge on any atom is -0.399 e. The van der Waals surface area contributed by atoms with Crippen molar-refractivity contribution in [3.05, 3.63) is 22.4 Å². The Kier molecular flexibility index (Phi) is 4.00. The van der Waals surface area contributed by atoms with Gasteiger partial charge in [0, 0.05) is 18.8 Å². The van der Waals surface area contributed by atoms with E-state index in [9.17, 15) is 12.8 Å². The van der Waals surface area contributed by atoms with Crippen molar-refractivity contribution in [2.24, 2.45) is 11.8 Å². The molecule has 0 spiro atoms. The Labute approximate surface area is 132 Å². The molecule has 21 heavy (non-hydrogen) atoms. The van der Waals surface area contributed by atoms with Gasteiger partial charge in [0.15, 0.2) is 5.82 Å². The third-order valence-corrected chi connectivity index (χ3v) is 6.36. The fraction of sp³-hybridized carbons (Fsp3) is 0.571. The first-order valence-electron chi connectivity index (χ1n) is 7.12. The highest BCUT2D eigenvalue weighted by Crippen LogP contribution is 2.37. The molecule has 0 aliphatic heterocycles. The first-order valence-corrected chi connectivity index (χ1v) is 9.36. The minimum absolute atomic E-state index is 0.0823. The third-order valence-electron chi connectivity index (χ3n) is 3.95. The average Bonchev–Trinajstić information content (AvgIpc) is 3.27. The molecule has 2 aliphatic carbocycles. The van der Waals surface area contributed by atoms with Crippen LogP contribution in [0.2, 0.25) is 0 Å². The number of rotatable bonds is 6. The summed E-state index contributed by atoms with van der Waals surface area (Å²) in [7, 11) is -3.84. The Hall–Kier alpha value is -0.660. The molecule has 0 saturated heterocycles. The molecule has 0 unspecified atom stereocenters. The van der Waals surface area contributed by atoms with Gasteiger partial charge >= 0.3 is 0 Å². The molecule has 0 amide bonds. The largest absolute Gasteiger partial charge is 0.399 e. The van der Waals surface area contributed by atoms with Gasteiger partial charge in [-0.25, -0.2) is 12.8 Å². The zero-order valence-electron chi connectivity index (χ0n) is 11.6. The normalized spacial score (nSPS) is 19.2. The van der Waals surface area contributed by atoms with Crippen molar-refractivity contribution in [3.8, 4) is 0 Å². The molecule has 0 aromatic heterocycles. The summed E-state index contributed by atoms with van der Waals surface area (Å²) in [5.74, 6) is 0.0815. The number of hydrogen-bond donors (Lipinski definition) is 1. The van der Waals surface area contributed by atoms with Gasteiger partial charge in [-0.15, -0.1) is 0 Å². The maximum atomic E-state index is 14.2. The summed E-state index contributed by atoms with van der Waals surface area (Å²) >= 11 is 3.03. The van der Waals surface area contributed by atoms with Crippen molar-refractivity contribution in [2.45, 2.75) is 30.6 Å². The Bertz CT molecular complexity index is 643. The molecular weight excluding hydrogens is 359 g/mol. The van der Waals surface area contributed by atoms with Crippen molar-refractivity contribution in [1.82, 2.24) is 4.31 Å². The van der Waals surface area contributed by atoms with E-state index < -0.39 is 15.8 Å². The lowest BCUT2D eigenvalue weighted by Crippen LogP contribution is -2.35. The maximum absolute atomic E-state index is 14.2. The quantitative estimate of drug-likeness (QED) is 0.776. The Morgan fingerprint density at radius 1 is 1.19 bits per heavy atom. The number of nitrogen functional groups attached to an aromatic ring is 1. The third kappa shape index (κ3) is 3.40. The summed E-state index contributed by atoms with van der Waals surface area (Å²) in [6, 6.07) is 2.59. The van der Waals surface area contributed by atoms with E-state index in [2.05, 4.69) is 15.9 Å². The van der Waals surface area contributed by atoms with Crippen LogP contribution in [-0.4, -0.2) is 25.8 Å². The van der Waals surface area contributed by atoms with Crippen LogP contribution < -0.4 is 5.73 Å².